The van der Waals surface area contributed by atoms with Crippen LogP contribution in [0.25, 0.3) is 0 Å². The smallest absolute Gasteiger partial charge is 0.0603 e. The predicted molar refractivity (Wildman–Crippen MR) is 83.6 cm³/mol. The Hall–Kier alpha value is 0.0700. The van der Waals surface area contributed by atoms with E-state index in [9.17, 15) is 0 Å². The third-order valence-electron chi connectivity index (χ3n) is 3.14. The minimum absolute atomic E-state index is 0.428. The molecule has 2 atom stereocenters. The molecule has 1 aliphatic rings. The van der Waals surface area contributed by atoms with E-state index in [1.54, 1.807) is 0 Å². The van der Waals surface area contributed by atoms with Crippen LogP contribution in [0, 0.1) is 0 Å². The maximum absolute atomic E-state index is 6.06. The van der Waals surface area contributed by atoms with Crippen LogP contribution in [0.2, 0.25) is 10.0 Å². The lowest BCUT2D eigenvalue weighted by molar-refractivity contribution is 0.0833. The highest BCUT2D eigenvalue weighted by atomic mass is 35.5. The van der Waals surface area contributed by atoms with Crippen molar-refractivity contribution < 1.29 is 4.74 Å². The van der Waals surface area contributed by atoms with Crippen LogP contribution in [0.1, 0.15) is 19.8 Å². The molecule has 0 radical (unpaired) electrons. The number of thioether (sulfide) groups is 1. The van der Waals surface area contributed by atoms with Crippen molar-refractivity contribution in [2.75, 3.05) is 19.8 Å². The number of rotatable bonds is 5. The molecule has 1 saturated heterocycles. The van der Waals surface area contributed by atoms with E-state index in [-0.39, 0.29) is 0 Å². The molecule has 106 valence electrons. The fourth-order valence-corrected chi connectivity index (χ4v) is 3.72. The van der Waals surface area contributed by atoms with Crippen molar-refractivity contribution in [3.63, 3.8) is 0 Å². The highest BCUT2D eigenvalue weighted by Crippen LogP contribution is 2.33. The van der Waals surface area contributed by atoms with Crippen LogP contribution in [0.4, 0.5) is 0 Å². The van der Waals surface area contributed by atoms with E-state index in [4.69, 9.17) is 27.9 Å². The van der Waals surface area contributed by atoms with Gasteiger partial charge in [0.25, 0.3) is 0 Å². The summed E-state index contributed by atoms with van der Waals surface area (Å²) >= 11 is 13.8. The van der Waals surface area contributed by atoms with Crippen LogP contribution in [-0.4, -0.2) is 31.1 Å². The Balaban J connectivity index is 1.99. The van der Waals surface area contributed by atoms with E-state index in [0.29, 0.717) is 21.3 Å². The summed E-state index contributed by atoms with van der Waals surface area (Å²) in [5, 5.41) is 5.25. The monoisotopic (exact) mass is 319 g/mol. The Morgan fingerprint density at radius 2 is 2.21 bits per heavy atom. The highest BCUT2D eigenvalue weighted by Gasteiger charge is 2.26. The van der Waals surface area contributed by atoms with Crippen LogP contribution < -0.4 is 5.32 Å². The van der Waals surface area contributed by atoms with E-state index in [1.807, 2.05) is 30.0 Å². The fourth-order valence-electron chi connectivity index (χ4n) is 2.12. The second kappa shape index (κ2) is 7.75. The van der Waals surface area contributed by atoms with E-state index in [0.717, 1.165) is 37.5 Å². The Kier molecular flexibility index (Phi) is 6.30. The molecule has 0 saturated carbocycles. The first kappa shape index (κ1) is 15.5. The van der Waals surface area contributed by atoms with Gasteiger partial charge in [-0.3, -0.25) is 0 Å². The van der Waals surface area contributed by atoms with Gasteiger partial charge >= 0.3 is 0 Å². The number of hydrogen-bond acceptors (Lipinski definition) is 3. The summed E-state index contributed by atoms with van der Waals surface area (Å²) < 4.78 is 5.60. The van der Waals surface area contributed by atoms with E-state index < -0.39 is 0 Å². The molecule has 1 aliphatic heterocycles. The summed E-state index contributed by atoms with van der Waals surface area (Å²) in [6.45, 7) is 4.88. The topological polar surface area (TPSA) is 21.3 Å². The van der Waals surface area contributed by atoms with Crippen molar-refractivity contribution in [3.05, 3.63) is 28.2 Å². The normalized spacial score (nSPS) is 23.5. The maximum atomic E-state index is 6.06. The van der Waals surface area contributed by atoms with E-state index in [1.165, 1.54) is 0 Å². The summed E-state index contributed by atoms with van der Waals surface area (Å²) in [4.78, 5) is 1.15. The minimum Gasteiger partial charge on any atom is -0.380 e. The Bertz CT molecular complexity index is 416. The van der Waals surface area contributed by atoms with Crippen LogP contribution >= 0.6 is 35.0 Å². The lowest BCUT2D eigenvalue weighted by atomic mass is 10.1. The summed E-state index contributed by atoms with van der Waals surface area (Å²) in [7, 11) is 0. The SMILES string of the molecule is CCCNC1CCOCC1Sc1ccc(Cl)c(Cl)c1. The number of nitrogens with one attached hydrogen (secondary N) is 1. The second-order valence-electron chi connectivity index (χ2n) is 4.66. The molecular weight excluding hydrogens is 301 g/mol. The van der Waals surface area contributed by atoms with Crippen molar-refractivity contribution in [2.45, 2.75) is 36.0 Å². The zero-order chi connectivity index (χ0) is 13.7. The number of benzene rings is 1. The molecule has 2 rings (SSSR count). The maximum Gasteiger partial charge on any atom is 0.0603 e. The molecule has 0 aliphatic carbocycles. The molecule has 1 fully saturated rings. The molecule has 1 aromatic rings. The molecule has 0 spiro atoms. The van der Waals surface area contributed by atoms with Crippen molar-refractivity contribution in [1.82, 2.24) is 5.32 Å². The average Bonchev–Trinajstić information content (AvgIpc) is 2.42. The van der Waals surface area contributed by atoms with Gasteiger partial charge in [-0.1, -0.05) is 30.1 Å². The Labute approximate surface area is 129 Å². The molecule has 0 bridgehead atoms. The zero-order valence-electron chi connectivity index (χ0n) is 11.0. The summed E-state index contributed by atoms with van der Waals surface area (Å²) in [6.07, 6.45) is 2.22. The van der Waals surface area contributed by atoms with Gasteiger partial charge < -0.3 is 10.1 Å². The van der Waals surface area contributed by atoms with E-state index in [2.05, 4.69) is 12.2 Å². The first-order valence-electron chi connectivity index (χ1n) is 6.63. The van der Waals surface area contributed by atoms with Gasteiger partial charge in [0.1, 0.15) is 0 Å². The highest BCUT2D eigenvalue weighted by molar-refractivity contribution is 8.00. The number of ether oxygens (including phenoxy) is 1. The summed E-state index contributed by atoms with van der Waals surface area (Å²) in [6, 6.07) is 6.31. The number of hydrogen-bond donors (Lipinski definition) is 1. The zero-order valence-corrected chi connectivity index (χ0v) is 13.3. The van der Waals surface area contributed by atoms with Crippen molar-refractivity contribution in [2.24, 2.45) is 0 Å². The summed E-state index contributed by atoms with van der Waals surface area (Å²) in [5.74, 6) is 0. The first-order chi connectivity index (χ1) is 9.20. The molecule has 0 amide bonds. The third kappa shape index (κ3) is 4.54. The van der Waals surface area contributed by atoms with Crippen LogP contribution in [-0.2, 0) is 4.74 Å². The van der Waals surface area contributed by atoms with Gasteiger partial charge in [-0.25, -0.2) is 0 Å². The fraction of sp³-hybridized carbons (Fsp3) is 0.571. The lowest BCUT2D eigenvalue weighted by Gasteiger charge is -2.32. The molecular formula is C14H19Cl2NOS. The predicted octanol–water partition coefficient (Wildman–Crippen LogP) is 4.24. The minimum atomic E-state index is 0.428. The van der Waals surface area contributed by atoms with Gasteiger partial charge in [0, 0.05) is 22.8 Å². The van der Waals surface area contributed by atoms with Gasteiger partial charge in [0.2, 0.25) is 0 Å². The Morgan fingerprint density at radius 3 is 2.95 bits per heavy atom. The molecule has 1 N–H and O–H groups in total. The van der Waals surface area contributed by atoms with Crippen molar-refractivity contribution in [3.8, 4) is 0 Å². The molecule has 19 heavy (non-hydrogen) atoms. The van der Waals surface area contributed by atoms with Crippen molar-refractivity contribution >= 4 is 35.0 Å². The molecule has 1 aromatic carbocycles. The average molecular weight is 320 g/mol. The molecule has 2 unspecified atom stereocenters. The first-order valence-corrected chi connectivity index (χ1v) is 8.27. The van der Waals surface area contributed by atoms with Gasteiger partial charge in [-0.15, -0.1) is 11.8 Å². The van der Waals surface area contributed by atoms with Crippen LogP contribution in [0.5, 0.6) is 0 Å². The largest absolute Gasteiger partial charge is 0.380 e. The summed E-state index contributed by atoms with van der Waals surface area (Å²) in [5.41, 5.74) is 0. The molecule has 0 aromatic heterocycles. The van der Waals surface area contributed by atoms with Crippen LogP contribution in [0.15, 0.2) is 23.1 Å². The van der Waals surface area contributed by atoms with Crippen molar-refractivity contribution in [1.29, 1.82) is 0 Å². The van der Waals surface area contributed by atoms with Gasteiger partial charge in [-0.2, -0.15) is 0 Å². The Morgan fingerprint density at radius 1 is 1.37 bits per heavy atom. The van der Waals surface area contributed by atoms with Gasteiger partial charge in [0.15, 0.2) is 0 Å². The quantitative estimate of drug-likeness (QED) is 0.877. The molecule has 5 heteroatoms. The van der Waals surface area contributed by atoms with Crippen LogP contribution in [0.3, 0.4) is 0 Å². The molecule has 1 heterocycles. The second-order valence-corrected chi connectivity index (χ2v) is 6.78. The third-order valence-corrected chi connectivity index (χ3v) is 5.17. The standard InChI is InChI=1S/C14H19Cl2NOS/c1-2-6-17-13-5-7-18-9-14(13)19-10-3-4-11(15)12(16)8-10/h3-4,8,13-14,17H,2,5-7,9H2,1H3. The molecule has 2 nitrogen and oxygen atoms in total. The van der Waals surface area contributed by atoms with Gasteiger partial charge in [-0.05, 0) is 37.6 Å². The number of halogens is 2. The van der Waals surface area contributed by atoms with Gasteiger partial charge in [0.05, 0.1) is 16.7 Å². The van der Waals surface area contributed by atoms with E-state index >= 15 is 0 Å². The lowest BCUT2D eigenvalue weighted by Crippen LogP contribution is -2.45.